The molecule has 1 aromatic rings. The van der Waals surface area contributed by atoms with Gasteiger partial charge in [0.1, 0.15) is 0 Å². The molecule has 0 aliphatic carbocycles. The number of nitro benzene ring substituents is 1. The zero-order chi connectivity index (χ0) is 16.2. The lowest BCUT2D eigenvalue weighted by molar-refractivity contribution is -0.384. The van der Waals surface area contributed by atoms with E-state index in [0.29, 0.717) is 6.54 Å². The van der Waals surface area contributed by atoms with E-state index in [-0.39, 0.29) is 23.5 Å². The van der Waals surface area contributed by atoms with E-state index < -0.39 is 16.5 Å². The smallest absolute Gasteiger partial charge is 0.337 e. The normalized spacial score (nSPS) is 13.8. The summed E-state index contributed by atoms with van der Waals surface area (Å²) in [4.78, 5) is 23.1. The number of benzene rings is 1. The third-order valence-electron chi connectivity index (χ3n) is 2.76. The molecule has 3 N–H and O–H groups in total. The third kappa shape index (κ3) is 5.01. The molecular formula is C13H19N3O5. The van der Waals surface area contributed by atoms with Crippen LogP contribution in [0.4, 0.5) is 11.4 Å². The average Bonchev–Trinajstić information content (AvgIpc) is 2.34. The van der Waals surface area contributed by atoms with E-state index in [0.717, 1.165) is 12.1 Å². The monoisotopic (exact) mass is 297 g/mol. The standard InChI is InChI=1S/C13H19N3O5/c1-13(19,8-15(2)3)7-14-11-6-9(16(20)21)4-5-10(11)12(17)18/h4-6,14,19H,7-8H2,1-3H3,(H,17,18). The van der Waals surface area contributed by atoms with Gasteiger partial charge >= 0.3 is 5.97 Å². The molecule has 0 amide bonds. The van der Waals surface area contributed by atoms with Crippen LogP contribution in [-0.4, -0.2) is 58.8 Å². The van der Waals surface area contributed by atoms with Crippen LogP contribution in [0.5, 0.6) is 0 Å². The summed E-state index contributed by atoms with van der Waals surface area (Å²) in [5, 5.41) is 32.8. The highest BCUT2D eigenvalue weighted by Gasteiger charge is 2.23. The molecule has 0 aliphatic heterocycles. The number of hydrogen-bond donors (Lipinski definition) is 3. The number of carboxylic acid groups (broad SMARTS) is 1. The van der Waals surface area contributed by atoms with Crippen LogP contribution in [0.15, 0.2) is 18.2 Å². The zero-order valence-corrected chi connectivity index (χ0v) is 12.2. The van der Waals surface area contributed by atoms with Crippen LogP contribution in [0.2, 0.25) is 0 Å². The Morgan fingerprint density at radius 2 is 2.10 bits per heavy atom. The molecule has 116 valence electrons. The van der Waals surface area contributed by atoms with Crippen LogP contribution in [0.1, 0.15) is 17.3 Å². The van der Waals surface area contributed by atoms with Crippen LogP contribution in [-0.2, 0) is 0 Å². The summed E-state index contributed by atoms with van der Waals surface area (Å²) in [6.07, 6.45) is 0. The Kier molecular flexibility index (Phi) is 5.23. The van der Waals surface area contributed by atoms with Gasteiger partial charge in [0.05, 0.1) is 21.8 Å². The first-order chi connectivity index (χ1) is 9.62. The molecule has 8 heteroatoms. The summed E-state index contributed by atoms with van der Waals surface area (Å²) in [7, 11) is 3.59. The van der Waals surface area contributed by atoms with Gasteiger partial charge in [-0.3, -0.25) is 10.1 Å². The summed E-state index contributed by atoms with van der Waals surface area (Å²) < 4.78 is 0. The average molecular weight is 297 g/mol. The maximum absolute atomic E-state index is 11.1. The molecule has 0 radical (unpaired) electrons. The predicted octanol–water partition coefficient (Wildman–Crippen LogP) is 1.02. The maximum atomic E-state index is 11.1. The quantitative estimate of drug-likeness (QED) is 0.508. The second-order valence-electron chi connectivity index (χ2n) is 5.38. The van der Waals surface area contributed by atoms with Gasteiger partial charge in [0.15, 0.2) is 0 Å². The van der Waals surface area contributed by atoms with E-state index in [1.165, 1.54) is 6.07 Å². The predicted molar refractivity (Wildman–Crippen MR) is 77.7 cm³/mol. The number of carbonyl (C=O) groups is 1. The first-order valence-electron chi connectivity index (χ1n) is 6.25. The Labute approximate surface area is 122 Å². The highest BCUT2D eigenvalue weighted by molar-refractivity contribution is 5.94. The molecule has 1 rings (SSSR count). The Morgan fingerprint density at radius 1 is 1.48 bits per heavy atom. The molecule has 0 saturated heterocycles. The molecule has 1 aromatic carbocycles. The van der Waals surface area contributed by atoms with Gasteiger partial charge < -0.3 is 20.4 Å². The van der Waals surface area contributed by atoms with Gasteiger partial charge in [-0.1, -0.05) is 0 Å². The summed E-state index contributed by atoms with van der Waals surface area (Å²) in [6.45, 7) is 2.02. The van der Waals surface area contributed by atoms with E-state index in [4.69, 9.17) is 5.11 Å². The topological polar surface area (TPSA) is 116 Å². The molecule has 0 aromatic heterocycles. The number of carboxylic acids is 1. The fraction of sp³-hybridized carbons (Fsp3) is 0.462. The van der Waals surface area contributed by atoms with E-state index in [2.05, 4.69) is 5.32 Å². The number of anilines is 1. The lowest BCUT2D eigenvalue weighted by Crippen LogP contribution is -2.43. The van der Waals surface area contributed by atoms with Gasteiger partial charge in [0.2, 0.25) is 0 Å². The van der Waals surface area contributed by atoms with E-state index in [1.807, 2.05) is 0 Å². The Balaban J connectivity index is 2.97. The van der Waals surface area contributed by atoms with Crippen molar-refractivity contribution in [2.24, 2.45) is 0 Å². The van der Waals surface area contributed by atoms with Gasteiger partial charge in [-0.25, -0.2) is 4.79 Å². The van der Waals surface area contributed by atoms with Crippen LogP contribution < -0.4 is 5.32 Å². The fourth-order valence-electron chi connectivity index (χ4n) is 2.00. The largest absolute Gasteiger partial charge is 0.478 e. The number of nitro groups is 1. The molecule has 1 unspecified atom stereocenters. The van der Waals surface area contributed by atoms with Crippen LogP contribution in [0, 0.1) is 10.1 Å². The van der Waals surface area contributed by atoms with E-state index in [9.17, 15) is 20.0 Å². The Bertz CT molecular complexity index is 543. The minimum absolute atomic E-state index is 0.0621. The van der Waals surface area contributed by atoms with Crippen molar-refractivity contribution in [1.82, 2.24) is 4.90 Å². The van der Waals surface area contributed by atoms with Gasteiger partial charge in [-0.05, 0) is 27.1 Å². The first kappa shape index (κ1) is 16.9. The molecule has 0 aliphatic rings. The van der Waals surface area contributed by atoms with Gasteiger partial charge in [0, 0.05) is 25.2 Å². The fourth-order valence-corrected chi connectivity index (χ4v) is 2.00. The number of non-ortho nitro benzene ring substituents is 1. The van der Waals surface area contributed by atoms with Crippen LogP contribution >= 0.6 is 0 Å². The molecule has 1 atom stereocenters. The lowest BCUT2D eigenvalue weighted by Gasteiger charge is -2.27. The van der Waals surface area contributed by atoms with Crippen molar-refractivity contribution in [3.8, 4) is 0 Å². The summed E-state index contributed by atoms with van der Waals surface area (Å²) in [5.74, 6) is -1.19. The third-order valence-corrected chi connectivity index (χ3v) is 2.76. The number of likely N-dealkylation sites (N-methyl/N-ethyl adjacent to an activating group) is 1. The molecule has 0 fully saturated rings. The van der Waals surface area contributed by atoms with Gasteiger partial charge in [-0.2, -0.15) is 0 Å². The number of nitrogens with one attached hydrogen (secondary N) is 1. The Morgan fingerprint density at radius 3 is 2.57 bits per heavy atom. The van der Waals surface area contributed by atoms with Gasteiger partial charge in [0.25, 0.3) is 5.69 Å². The summed E-state index contributed by atoms with van der Waals surface area (Å²) in [5.41, 5.74) is -1.30. The molecular weight excluding hydrogens is 278 g/mol. The lowest BCUT2D eigenvalue weighted by atomic mass is 10.1. The van der Waals surface area contributed by atoms with Crippen molar-refractivity contribution >= 4 is 17.3 Å². The van der Waals surface area contributed by atoms with Gasteiger partial charge in [-0.15, -0.1) is 0 Å². The maximum Gasteiger partial charge on any atom is 0.337 e. The second-order valence-corrected chi connectivity index (χ2v) is 5.38. The van der Waals surface area contributed by atoms with Crippen molar-refractivity contribution in [1.29, 1.82) is 0 Å². The van der Waals surface area contributed by atoms with Crippen LogP contribution in [0.25, 0.3) is 0 Å². The number of rotatable bonds is 7. The second kappa shape index (κ2) is 6.51. The first-order valence-corrected chi connectivity index (χ1v) is 6.25. The minimum atomic E-state index is -1.19. The van der Waals surface area contributed by atoms with Crippen molar-refractivity contribution < 1.29 is 19.9 Å². The highest BCUT2D eigenvalue weighted by Crippen LogP contribution is 2.23. The molecule has 21 heavy (non-hydrogen) atoms. The molecule has 8 nitrogen and oxygen atoms in total. The van der Waals surface area contributed by atoms with Crippen molar-refractivity contribution in [3.05, 3.63) is 33.9 Å². The molecule has 0 saturated carbocycles. The minimum Gasteiger partial charge on any atom is -0.478 e. The number of hydrogen-bond acceptors (Lipinski definition) is 6. The number of nitrogens with zero attached hydrogens (tertiary/aromatic N) is 2. The van der Waals surface area contributed by atoms with E-state index >= 15 is 0 Å². The molecule has 0 bridgehead atoms. The van der Waals surface area contributed by atoms with Crippen molar-refractivity contribution in [2.45, 2.75) is 12.5 Å². The summed E-state index contributed by atoms with van der Waals surface area (Å²) in [6, 6.07) is 3.45. The molecule has 0 heterocycles. The van der Waals surface area contributed by atoms with E-state index in [1.54, 1.807) is 25.9 Å². The Hall–Kier alpha value is -2.19. The van der Waals surface area contributed by atoms with Crippen molar-refractivity contribution in [3.63, 3.8) is 0 Å². The highest BCUT2D eigenvalue weighted by atomic mass is 16.6. The number of aliphatic hydroxyl groups is 1. The SMILES string of the molecule is CN(C)CC(C)(O)CNc1cc([N+](=O)[O-])ccc1C(=O)O. The number of aromatic carboxylic acids is 1. The molecule has 0 spiro atoms. The van der Waals surface area contributed by atoms with Crippen molar-refractivity contribution in [2.75, 3.05) is 32.5 Å². The van der Waals surface area contributed by atoms with Crippen LogP contribution in [0.3, 0.4) is 0 Å². The summed E-state index contributed by atoms with van der Waals surface area (Å²) >= 11 is 0. The zero-order valence-electron chi connectivity index (χ0n) is 12.2.